The van der Waals surface area contributed by atoms with Crippen LogP contribution in [0.25, 0.3) is 10.1 Å². The highest BCUT2D eigenvalue weighted by molar-refractivity contribution is 7.17. The molecule has 0 aliphatic rings. The first kappa shape index (κ1) is 9.65. The summed E-state index contributed by atoms with van der Waals surface area (Å²) in [6.45, 7) is 2.63. The Morgan fingerprint density at radius 2 is 2.21 bits per heavy atom. The second-order valence-electron chi connectivity index (χ2n) is 3.18. The van der Waals surface area contributed by atoms with Gasteiger partial charge in [-0.2, -0.15) is 0 Å². The number of hydrogen-bond donors (Lipinski definition) is 0. The predicted molar refractivity (Wildman–Crippen MR) is 58.4 cm³/mol. The van der Waals surface area contributed by atoms with Crippen LogP contribution in [-0.4, -0.2) is 7.11 Å². The average Bonchev–Trinajstić information content (AvgIpc) is 2.57. The van der Waals surface area contributed by atoms with Crippen LogP contribution >= 0.6 is 11.3 Å². The molecule has 1 heterocycles. The standard InChI is InChI=1S/C11H12O2S/c1-8-7-14-11-4-3-9(5-10(8)11)6-13-12-2/h3-5,7H,6H2,1-2H3. The van der Waals surface area contributed by atoms with Crippen LogP contribution in [0.15, 0.2) is 23.6 Å². The van der Waals surface area contributed by atoms with Crippen molar-refractivity contribution >= 4 is 21.4 Å². The largest absolute Gasteiger partial charge is 0.240 e. The second kappa shape index (κ2) is 4.09. The molecule has 74 valence electrons. The number of benzene rings is 1. The molecule has 2 nitrogen and oxygen atoms in total. The van der Waals surface area contributed by atoms with Crippen LogP contribution in [-0.2, 0) is 16.4 Å². The monoisotopic (exact) mass is 208 g/mol. The van der Waals surface area contributed by atoms with Crippen LogP contribution in [0.1, 0.15) is 11.1 Å². The van der Waals surface area contributed by atoms with Crippen molar-refractivity contribution < 1.29 is 9.78 Å². The third-order valence-electron chi connectivity index (χ3n) is 2.17. The highest BCUT2D eigenvalue weighted by Crippen LogP contribution is 2.26. The third kappa shape index (κ3) is 1.80. The molecule has 0 spiro atoms. The van der Waals surface area contributed by atoms with Gasteiger partial charge < -0.3 is 0 Å². The summed E-state index contributed by atoms with van der Waals surface area (Å²) in [6.07, 6.45) is 0. The van der Waals surface area contributed by atoms with Gasteiger partial charge in [-0.3, -0.25) is 0 Å². The lowest BCUT2D eigenvalue weighted by Crippen LogP contribution is -1.90. The number of thiophene rings is 1. The Morgan fingerprint density at radius 3 is 3.00 bits per heavy atom. The van der Waals surface area contributed by atoms with E-state index >= 15 is 0 Å². The fourth-order valence-electron chi connectivity index (χ4n) is 1.42. The molecule has 0 saturated carbocycles. The van der Waals surface area contributed by atoms with Gasteiger partial charge in [0.15, 0.2) is 0 Å². The predicted octanol–water partition coefficient (Wildman–Crippen LogP) is 3.29. The maximum atomic E-state index is 4.89. The fourth-order valence-corrected chi connectivity index (χ4v) is 2.34. The number of fused-ring (bicyclic) bond motifs is 1. The van der Waals surface area contributed by atoms with Gasteiger partial charge in [0.25, 0.3) is 0 Å². The van der Waals surface area contributed by atoms with E-state index in [1.165, 1.54) is 22.8 Å². The first-order chi connectivity index (χ1) is 6.81. The molecule has 0 radical (unpaired) electrons. The van der Waals surface area contributed by atoms with Crippen LogP contribution in [0.4, 0.5) is 0 Å². The Hall–Kier alpha value is -0.900. The van der Waals surface area contributed by atoms with Crippen molar-refractivity contribution in [2.75, 3.05) is 7.11 Å². The maximum absolute atomic E-state index is 4.89. The zero-order chi connectivity index (χ0) is 9.97. The van der Waals surface area contributed by atoms with Crippen LogP contribution in [0.3, 0.4) is 0 Å². The molecule has 0 bridgehead atoms. The lowest BCUT2D eigenvalue weighted by molar-refractivity contribution is -0.282. The van der Waals surface area contributed by atoms with Crippen molar-refractivity contribution in [2.24, 2.45) is 0 Å². The molecule has 0 atom stereocenters. The molecule has 0 saturated heterocycles. The van der Waals surface area contributed by atoms with Crippen molar-refractivity contribution in [3.05, 3.63) is 34.7 Å². The van der Waals surface area contributed by atoms with Gasteiger partial charge in [-0.05, 0) is 40.9 Å². The Balaban J connectivity index is 2.34. The molecule has 1 aromatic carbocycles. The number of rotatable bonds is 3. The van der Waals surface area contributed by atoms with E-state index in [9.17, 15) is 0 Å². The molecule has 0 amide bonds. The molecule has 1 aromatic heterocycles. The Kier molecular flexibility index (Phi) is 2.82. The minimum atomic E-state index is 0.502. The van der Waals surface area contributed by atoms with Crippen LogP contribution in [0, 0.1) is 6.92 Å². The van der Waals surface area contributed by atoms with E-state index in [1.807, 2.05) is 0 Å². The summed E-state index contributed by atoms with van der Waals surface area (Å²) in [4.78, 5) is 9.46. The Morgan fingerprint density at radius 1 is 1.36 bits per heavy atom. The lowest BCUT2D eigenvalue weighted by atomic mass is 10.1. The van der Waals surface area contributed by atoms with Crippen molar-refractivity contribution in [3.63, 3.8) is 0 Å². The van der Waals surface area contributed by atoms with Gasteiger partial charge in [0.05, 0.1) is 7.11 Å². The van der Waals surface area contributed by atoms with Crippen LogP contribution in [0.5, 0.6) is 0 Å². The van der Waals surface area contributed by atoms with E-state index in [-0.39, 0.29) is 0 Å². The molecule has 0 N–H and O–H groups in total. The average molecular weight is 208 g/mol. The van der Waals surface area contributed by atoms with Crippen molar-refractivity contribution in [3.8, 4) is 0 Å². The van der Waals surface area contributed by atoms with Gasteiger partial charge in [-0.15, -0.1) is 11.3 Å². The summed E-state index contributed by atoms with van der Waals surface area (Å²) >= 11 is 1.77. The molecule has 3 heteroatoms. The van der Waals surface area contributed by atoms with Gasteiger partial charge in [-0.25, -0.2) is 9.78 Å². The van der Waals surface area contributed by atoms with Gasteiger partial charge in [-0.1, -0.05) is 6.07 Å². The van der Waals surface area contributed by atoms with Crippen LogP contribution < -0.4 is 0 Å². The summed E-state index contributed by atoms with van der Waals surface area (Å²) in [6, 6.07) is 6.35. The van der Waals surface area contributed by atoms with E-state index in [0.717, 1.165) is 5.56 Å². The summed E-state index contributed by atoms with van der Waals surface area (Å²) in [7, 11) is 1.52. The first-order valence-electron chi connectivity index (χ1n) is 4.43. The quantitative estimate of drug-likeness (QED) is 0.569. The Bertz CT molecular complexity index is 434. The smallest absolute Gasteiger partial charge is 0.107 e. The molecular weight excluding hydrogens is 196 g/mol. The molecule has 0 fully saturated rings. The van der Waals surface area contributed by atoms with Crippen molar-refractivity contribution in [2.45, 2.75) is 13.5 Å². The van der Waals surface area contributed by atoms with E-state index in [1.54, 1.807) is 11.3 Å². The van der Waals surface area contributed by atoms with E-state index in [0.29, 0.717) is 6.61 Å². The minimum absolute atomic E-state index is 0.502. The summed E-state index contributed by atoms with van der Waals surface area (Å²) in [5.41, 5.74) is 2.46. The SMILES string of the molecule is COOCc1ccc2scc(C)c2c1. The summed E-state index contributed by atoms with van der Waals surface area (Å²) in [5.74, 6) is 0. The van der Waals surface area contributed by atoms with E-state index in [2.05, 4.69) is 35.4 Å². The van der Waals surface area contributed by atoms with Gasteiger partial charge in [0, 0.05) is 4.70 Å². The van der Waals surface area contributed by atoms with E-state index in [4.69, 9.17) is 4.89 Å². The second-order valence-corrected chi connectivity index (χ2v) is 4.09. The summed E-state index contributed by atoms with van der Waals surface area (Å²) < 4.78 is 1.32. The molecule has 0 aliphatic carbocycles. The zero-order valence-corrected chi connectivity index (χ0v) is 9.06. The van der Waals surface area contributed by atoms with Crippen LogP contribution in [0.2, 0.25) is 0 Å². The topological polar surface area (TPSA) is 18.5 Å². The first-order valence-corrected chi connectivity index (χ1v) is 5.31. The molecule has 2 aromatic rings. The maximum Gasteiger partial charge on any atom is 0.107 e. The number of aryl methyl sites for hydroxylation is 1. The molecule has 0 aliphatic heterocycles. The van der Waals surface area contributed by atoms with Gasteiger partial charge in [0.2, 0.25) is 0 Å². The molecule has 14 heavy (non-hydrogen) atoms. The van der Waals surface area contributed by atoms with Gasteiger partial charge >= 0.3 is 0 Å². The molecule has 2 rings (SSSR count). The lowest BCUT2D eigenvalue weighted by Gasteiger charge is -2.00. The zero-order valence-electron chi connectivity index (χ0n) is 8.24. The van der Waals surface area contributed by atoms with Crippen molar-refractivity contribution in [1.29, 1.82) is 0 Å². The minimum Gasteiger partial charge on any atom is -0.240 e. The van der Waals surface area contributed by atoms with Gasteiger partial charge in [0.1, 0.15) is 6.61 Å². The van der Waals surface area contributed by atoms with E-state index < -0.39 is 0 Å². The normalized spacial score (nSPS) is 11.0. The summed E-state index contributed by atoms with van der Waals surface area (Å²) in [5, 5.41) is 3.48. The highest BCUT2D eigenvalue weighted by Gasteiger charge is 2.01. The fraction of sp³-hybridized carbons (Fsp3) is 0.273. The molecular formula is C11H12O2S. The third-order valence-corrected chi connectivity index (χ3v) is 3.26. The number of hydrogen-bond acceptors (Lipinski definition) is 3. The molecule has 0 unspecified atom stereocenters. The highest BCUT2D eigenvalue weighted by atomic mass is 32.1. The van der Waals surface area contributed by atoms with Crippen molar-refractivity contribution in [1.82, 2.24) is 0 Å². The Labute approximate surface area is 87.0 Å².